The van der Waals surface area contributed by atoms with Gasteiger partial charge in [-0.3, -0.25) is 14.7 Å². The number of halogens is 1. The van der Waals surface area contributed by atoms with E-state index >= 15 is 0 Å². The first-order valence-electron chi connectivity index (χ1n) is 11.5. The lowest BCUT2D eigenvalue weighted by Gasteiger charge is -2.33. The number of carbonyl (C=O) groups is 1. The van der Waals surface area contributed by atoms with E-state index in [2.05, 4.69) is 24.3 Å². The normalized spacial score (nSPS) is 16.5. The summed E-state index contributed by atoms with van der Waals surface area (Å²) in [5.74, 6) is -0.00719. The third-order valence-electron chi connectivity index (χ3n) is 6.34. The maximum absolute atomic E-state index is 13.9. The highest BCUT2D eigenvalue weighted by molar-refractivity contribution is 7.99. The number of rotatable bonds is 4. The molecule has 4 aromatic rings. The van der Waals surface area contributed by atoms with E-state index < -0.39 is 0 Å². The van der Waals surface area contributed by atoms with E-state index in [1.807, 2.05) is 88.8 Å². The number of para-hydroxylation sites is 2. The molecular weight excluding hydrogens is 474 g/mol. The van der Waals surface area contributed by atoms with Crippen LogP contribution in [0.5, 0.6) is 0 Å². The lowest BCUT2D eigenvalue weighted by Crippen LogP contribution is -2.37. The van der Waals surface area contributed by atoms with Crippen LogP contribution in [0, 0.1) is 0 Å². The molecule has 0 radical (unpaired) electrons. The Morgan fingerprint density at radius 1 is 0.829 bits per heavy atom. The number of hydrazone groups is 1. The highest BCUT2D eigenvalue weighted by atomic mass is 35.5. The second-order valence-electron chi connectivity index (χ2n) is 8.55. The zero-order valence-electron chi connectivity index (χ0n) is 18.8. The molecule has 0 saturated heterocycles. The fourth-order valence-electron chi connectivity index (χ4n) is 4.67. The first kappa shape index (κ1) is 22.0. The topological polar surface area (TPSA) is 35.9 Å². The van der Waals surface area contributed by atoms with Crippen molar-refractivity contribution in [3.8, 4) is 0 Å². The highest BCUT2D eigenvalue weighted by Gasteiger charge is 2.34. The summed E-state index contributed by atoms with van der Waals surface area (Å²) in [6.07, 6.45) is 0.724. The van der Waals surface area contributed by atoms with Gasteiger partial charge in [0.2, 0.25) is 0 Å². The molecule has 2 aliphatic rings. The minimum Gasteiger partial charge on any atom is -0.279 e. The number of hydrogen-bond donors (Lipinski definition) is 0. The molecule has 0 aromatic heterocycles. The van der Waals surface area contributed by atoms with Gasteiger partial charge in [-0.2, -0.15) is 5.10 Å². The lowest BCUT2D eigenvalue weighted by molar-refractivity contribution is -0.119. The molecule has 172 valence electrons. The van der Waals surface area contributed by atoms with Crippen LogP contribution >= 0.6 is 23.4 Å². The molecule has 0 spiro atoms. The van der Waals surface area contributed by atoms with Crippen LogP contribution in [-0.4, -0.2) is 23.2 Å². The Labute approximate surface area is 213 Å². The minimum absolute atomic E-state index is 0.00719. The second kappa shape index (κ2) is 9.25. The van der Waals surface area contributed by atoms with E-state index in [4.69, 9.17) is 16.7 Å². The fraction of sp³-hybridized carbons (Fsp3) is 0.103. The third kappa shape index (κ3) is 4.22. The molecule has 0 aliphatic carbocycles. The zero-order chi connectivity index (χ0) is 23.8. The van der Waals surface area contributed by atoms with Gasteiger partial charge >= 0.3 is 0 Å². The number of amides is 1. The number of benzene rings is 4. The maximum Gasteiger partial charge on any atom is 0.252 e. The number of hydrogen-bond acceptors (Lipinski definition) is 4. The number of carbonyl (C=O) groups excluding carboxylic acids is 1. The molecule has 0 saturated carbocycles. The van der Waals surface area contributed by atoms with Crippen molar-refractivity contribution in [2.45, 2.75) is 22.3 Å². The SMILES string of the molecule is O=C(CN1N=C(c2ccc(Cl)cc2)CC1c1ccccc1)N1c2ccccc2Sc2ccccc21. The number of fused-ring (bicyclic) bond motifs is 2. The van der Waals surface area contributed by atoms with E-state index in [1.54, 1.807) is 11.8 Å². The van der Waals surface area contributed by atoms with E-state index in [1.165, 1.54) is 0 Å². The van der Waals surface area contributed by atoms with Crippen LogP contribution in [0.25, 0.3) is 0 Å². The van der Waals surface area contributed by atoms with Crippen molar-refractivity contribution in [1.82, 2.24) is 5.01 Å². The van der Waals surface area contributed by atoms with Crippen LogP contribution in [0.2, 0.25) is 5.02 Å². The molecule has 35 heavy (non-hydrogen) atoms. The maximum atomic E-state index is 13.9. The summed E-state index contributed by atoms with van der Waals surface area (Å²) in [4.78, 5) is 17.9. The third-order valence-corrected chi connectivity index (χ3v) is 7.72. The average Bonchev–Trinajstić information content (AvgIpc) is 3.31. The Hall–Kier alpha value is -3.54. The predicted molar refractivity (Wildman–Crippen MR) is 143 cm³/mol. The van der Waals surface area contributed by atoms with Crippen LogP contribution in [0.4, 0.5) is 11.4 Å². The summed E-state index contributed by atoms with van der Waals surface area (Å²) >= 11 is 7.80. The van der Waals surface area contributed by atoms with Crippen LogP contribution in [-0.2, 0) is 4.79 Å². The second-order valence-corrected chi connectivity index (χ2v) is 10.1. The monoisotopic (exact) mass is 495 g/mol. The van der Waals surface area contributed by atoms with Gasteiger partial charge in [0.25, 0.3) is 5.91 Å². The molecule has 2 heterocycles. The van der Waals surface area contributed by atoms with Gasteiger partial charge in [0.1, 0.15) is 6.54 Å². The van der Waals surface area contributed by atoms with Crippen molar-refractivity contribution < 1.29 is 4.79 Å². The molecule has 1 amide bonds. The van der Waals surface area contributed by atoms with Gasteiger partial charge < -0.3 is 0 Å². The van der Waals surface area contributed by atoms with Crippen LogP contribution in [0.3, 0.4) is 0 Å². The van der Waals surface area contributed by atoms with Gasteiger partial charge in [0.05, 0.1) is 23.1 Å². The van der Waals surface area contributed by atoms with Crippen molar-refractivity contribution in [2.24, 2.45) is 5.10 Å². The quantitative estimate of drug-likeness (QED) is 0.297. The molecular formula is C29H22ClN3OS. The summed E-state index contributed by atoms with van der Waals surface area (Å²) in [5, 5.41) is 7.58. The molecule has 6 rings (SSSR count). The molecule has 0 N–H and O–H groups in total. The summed E-state index contributed by atoms with van der Waals surface area (Å²) in [7, 11) is 0. The van der Waals surface area contributed by atoms with Gasteiger partial charge in [0.15, 0.2) is 0 Å². The standard InChI is InChI=1S/C29H22ClN3OS/c30-22-16-14-20(15-17-22)23-18-26(21-8-2-1-3-9-21)32(31-23)19-29(34)33-24-10-4-6-12-27(24)35-28-13-7-5-11-25(28)33/h1-17,26H,18-19H2. The summed E-state index contributed by atoms with van der Waals surface area (Å²) in [6, 6.07) is 34.1. The van der Waals surface area contributed by atoms with Crippen LogP contribution in [0.15, 0.2) is 118 Å². The Morgan fingerprint density at radius 2 is 1.43 bits per heavy atom. The summed E-state index contributed by atoms with van der Waals surface area (Å²) in [5.41, 5.74) is 4.95. The van der Waals surface area contributed by atoms with Gasteiger partial charge in [-0.25, -0.2) is 0 Å². The van der Waals surface area contributed by atoms with E-state index in [-0.39, 0.29) is 18.5 Å². The Kier molecular flexibility index (Phi) is 5.80. The summed E-state index contributed by atoms with van der Waals surface area (Å²) < 4.78 is 0. The van der Waals surface area contributed by atoms with Gasteiger partial charge in [-0.15, -0.1) is 0 Å². The molecule has 1 unspecified atom stereocenters. The van der Waals surface area contributed by atoms with E-state index in [0.717, 1.165) is 44.4 Å². The Balaban J connectivity index is 1.36. The smallest absolute Gasteiger partial charge is 0.252 e. The largest absolute Gasteiger partial charge is 0.279 e. The summed E-state index contributed by atoms with van der Waals surface area (Å²) in [6.45, 7) is 0.171. The average molecular weight is 496 g/mol. The predicted octanol–water partition coefficient (Wildman–Crippen LogP) is 7.32. The molecule has 6 heteroatoms. The molecule has 0 bridgehead atoms. The first-order valence-corrected chi connectivity index (χ1v) is 12.7. The molecule has 4 nitrogen and oxygen atoms in total. The number of nitrogens with zero attached hydrogens (tertiary/aromatic N) is 3. The van der Waals surface area contributed by atoms with Gasteiger partial charge in [0, 0.05) is 21.2 Å². The van der Waals surface area contributed by atoms with Crippen molar-refractivity contribution in [3.63, 3.8) is 0 Å². The van der Waals surface area contributed by atoms with Crippen molar-refractivity contribution in [3.05, 3.63) is 119 Å². The lowest BCUT2D eigenvalue weighted by atomic mass is 9.98. The van der Waals surface area contributed by atoms with Crippen molar-refractivity contribution in [1.29, 1.82) is 0 Å². The van der Waals surface area contributed by atoms with Gasteiger partial charge in [-0.05, 0) is 47.5 Å². The van der Waals surface area contributed by atoms with E-state index in [0.29, 0.717) is 5.02 Å². The van der Waals surface area contributed by atoms with Crippen molar-refractivity contribution in [2.75, 3.05) is 11.4 Å². The molecule has 1 atom stereocenters. The van der Waals surface area contributed by atoms with Crippen molar-refractivity contribution >= 4 is 46.4 Å². The van der Waals surface area contributed by atoms with E-state index in [9.17, 15) is 4.79 Å². The van der Waals surface area contributed by atoms with Crippen LogP contribution in [0.1, 0.15) is 23.6 Å². The van der Waals surface area contributed by atoms with Crippen LogP contribution < -0.4 is 4.90 Å². The van der Waals surface area contributed by atoms with Gasteiger partial charge in [-0.1, -0.05) is 90.1 Å². The highest BCUT2D eigenvalue weighted by Crippen LogP contribution is 2.48. The zero-order valence-corrected chi connectivity index (χ0v) is 20.4. The Morgan fingerprint density at radius 3 is 2.09 bits per heavy atom. The molecule has 2 aliphatic heterocycles. The number of anilines is 2. The minimum atomic E-state index is -0.0181. The molecule has 4 aromatic carbocycles. The fourth-order valence-corrected chi connectivity index (χ4v) is 5.85. The first-order chi connectivity index (χ1) is 17.2. The Bertz CT molecular complexity index is 1380. The molecule has 0 fully saturated rings.